The first kappa shape index (κ1) is 16.6. The molecule has 2 heterocycles. The maximum atomic E-state index is 12.3. The lowest BCUT2D eigenvalue weighted by molar-refractivity contribution is 0.120. The van der Waals surface area contributed by atoms with Crippen molar-refractivity contribution in [1.29, 1.82) is 0 Å². The normalized spacial score (nSPS) is 14.5. The standard InChI is InChI=1S/C20H20N2O4/c23-19-17-7-6-16(25-11-8-15-4-2-1-3-5-15)14-18(17)26-20(21-19)22-9-12-24-13-10-22/h1-7,14H,8-13H2. The summed E-state index contributed by atoms with van der Waals surface area (Å²) in [5.74, 6) is 0.677. The SMILES string of the molecule is O=c1nc(N2CCOCC2)oc2cc(OCCc3ccccc3)ccc12. The topological polar surface area (TPSA) is 64.8 Å². The Morgan fingerprint density at radius 1 is 1.08 bits per heavy atom. The first-order valence-electron chi connectivity index (χ1n) is 8.74. The van der Waals surface area contributed by atoms with E-state index in [1.54, 1.807) is 18.2 Å². The molecule has 0 atom stereocenters. The number of aromatic nitrogens is 1. The third-order valence-corrected chi connectivity index (χ3v) is 4.37. The Morgan fingerprint density at radius 2 is 1.88 bits per heavy atom. The van der Waals surface area contributed by atoms with Crippen molar-refractivity contribution in [3.63, 3.8) is 0 Å². The van der Waals surface area contributed by atoms with Crippen molar-refractivity contribution in [2.45, 2.75) is 6.42 Å². The van der Waals surface area contributed by atoms with E-state index in [2.05, 4.69) is 17.1 Å². The van der Waals surface area contributed by atoms with Gasteiger partial charge in [-0.05, 0) is 17.7 Å². The zero-order valence-electron chi connectivity index (χ0n) is 14.4. The Balaban J connectivity index is 1.52. The molecule has 0 amide bonds. The van der Waals surface area contributed by atoms with Crippen molar-refractivity contribution in [1.82, 2.24) is 4.98 Å². The van der Waals surface area contributed by atoms with Gasteiger partial charge < -0.3 is 18.8 Å². The second-order valence-electron chi connectivity index (χ2n) is 6.14. The van der Waals surface area contributed by atoms with Gasteiger partial charge in [-0.25, -0.2) is 0 Å². The number of nitrogens with zero attached hydrogens (tertiary/aromatic N) is 2. The Labute approximate surface area is 151 Å². The van der Waals surface area contributed by atoms with E-state index < -0.39 is 0 Å². The Bertz CT molecular complexity index is 933. The van der Waals surface area contributed by atoms with Gasteiger partial charge in [-0.2, -0.15) is 4.98 Å². The van der Waals surface area contributed by atoms with Crippen molar-refractivity contribution >= 4 is 17.0 Å². The summed E-state index contributed by atoms with van der Waals surface area (Å²) in [6.45, 7) is 3.09. The van der Waals surface area contributed by atoms with Gasteiger partial charge in [-0.1, -0.05) is 30.3 Å². The van der Waals surface area contributed by atoms with Crippen LogP contribution in [0.15, 0.2) is 57.7 Å². The van der Waals surface area contributed by atoms with Crippen molar-refractivity contribution < 1.29 is 13.9 Å². The first-order chi connectivity index (χ1) is 12.8. The molecule has 1 aliphatic rings. The van der Waals surface area contributed by atoms with Crippen molar-refractivity contribution in [2.24, 2.45) is 0 Å². The molecule has 1 saturated heterocycles. The van der Waals surface area contributed by atoms with Gasteiger partial charge >= 0.3 is 6.01 Å². The van der Waals surface area contributed by atoms with Crippen LogP contribution >= 0.6 is 0 Å². The van der Waals surface area contributed by atoms with Gasteiger partial charge in [0.05, 0.1) is 25.2 Å². The van der Waals surface area contributed by atoms with Crippen LogP contribution in [-0.4, -0.2) is 37.9 Å². The summed E-state index contributed by atoms with van der Waals surface area (Å²) >= 11 is 0. The van der Waals surface area contributed by atoms with E-state index >= 15 is 0 Å². The molecule has 0 aliphatic carbocycles. The number of fused-ring (bicyclic) bond motifs is 1. The van der Waals surface area contributed by atoms with Crippen molar-refractivity contribution in [3.8, 4) is 5.75 Å². The van der Waals surface area contributed by atoms with Gasteiger partial charge in [0.1, 0.15) is 11.3 Å². The average molecular weight is 352 g/mol. The molecule has 4 rings (SSSR count). The molecule has 0 saturated carbocycles. The number of anilines is 1. The largest absolute Gasteiger partial charge is 0.493 e. The second-order valence-corrected chi connectivity index (χ2v) is 6.14. The Hall–Kier alpha value is -2.86. The third kappa shape index (κ3) is 3.70. The fourth-order valence-corrected chi connectivity index (χ4v) is 2.94. The number of benzene rings is 2. The molecule has 0 radical (unpaired) electrons. The van der Waals surface area contributed by atoms with Crippen molar-refractivity contribution in [3.05, 3.63) is 64.4 Å². The van der Waals surface area contributed by atoms with Crippen molar-refractivity contribution in [2.75, 3.05) is 37.8 Å². The Morgan fingerprint density at radius 3 is 2.69 bits per heavy atom. The van der Waals surface area contributed by atoms with Gasteiger partial charge in [0.2, 0.25) is 0 Å². The number of ether oxygens (including phenoxy) is 2. The third-order valence-electron chi connectivity index (χ3n) is 4.37. The van der Waals surface area contributed by atoms with E-state index in [-0.39, 0.29) is 5.56 Å². The van der Waals surface area contributed by atoms with Crippen LogP contribution in [0.5, 0.6) is 5.75 Å². The van der Waals surface area contributed by atoms with E-state index in [1.807, 2.05) is 23.1 Å². The highest BCUT2D eigenvalue weighted by atomic mass is 16.5. The number of hydrogen-bond acceptors (Lipinski definition) is 6. The molecule has 1 aliphatic heterocycles. The molecule has 3 aromatic rings. The van der Waals surface area contributed by atoms with Crippen LogP contribution in [0.4, 0.5) is 6.01 Å². The van der Waals surface area contributed by atoms with E-state index in [0.29, 0.717) is 55.6 Å². The van der Waals surface area contributed by atoms with Gasteiger partial charge in [0.15, 0.2) is 0 Å². The molecule has 2 aromatic carbocycles. The van der Waals surface area contributed by atoms with Crippen LogP contribution < -0.4 is 15.2 Å². The van der Waals surface area contributed by atoms with Crippen LogP contribution in [-0.2, 0) is 11.2 Å². The molecular weight excluding hydrogens is 332 g/mol. The monoisotopic (exact) mass is 352 g/mol. The lowest BCUT2D eigenvalue weighted by Gasteiger charge is -2.25. The van der Waals surface area contributed by atoms with Gasteiger partial charge in [-0.3, -0.25) is 4.79 Å². The summed E-state index contributed by atoms with van der Waals surface area (Å²) < 4.78 is 17.0. The summed E-state index contributed by atoms with van der Waals surface area (Å²) in [5.41, 5.74) is 1.42. The molecule has 1 fully saturated rings. The smallest absolute Gasteiger partial charge is 0.301 e. The quantitative estimate of drug-likeness (QED) is 0.703. The molecular formula is C20H20N2O4. The molecule has 26 heavy (non-hydrogen) atoms. The van der Waals surface area contributed by atoms with Crippen LogP contribution in [0.2, 0.25) is 0 Å². The highest BCUT2D eigenvalue weighted by Gasteiger charge is 2.17. The van der Waals surface area contributed by atoms with Gasteiger partial charge in [-0.15, -0.1) is 0 Å². The summed E-state index contributed by atoms with van der Waals surface area (Å²) in [4.78, 5) is 18.3. The average Bonchev–Trinajstić information content (AvgIpc) is 2.69. The number of hydrogen-bond donors (Lipinski definition) is 0. The zero-order chi connectivity index (χ0) is 17.8. The summed E-state index contributed by atoms with van der Waals surface area (Å²) in [7, 11) is 0. The van der Waals surface area contributed by atoms with E-state index in [9.17, 15) is 4.79 Å². The number of rotatable bonds is 5. The molecule has 0 spiro atoms. The van der Waals surface area contributed by atoms with Gasteiger partial charge in [0, 0.05) is 25.6 Å². The lowest BCUT2D eigenvalue weighted by atomic mass is 10.2. The predicted octanol–water partition coefficient (Wildman–Crippen LogP) is 2.65. The predicted molar refractivity (Wildman–Crippen MR) is 99.0 cm³/mol. The molecule has 134 valence electrons. The van der Waals surface area contributed by atoms with Crippen LogP contribution in [0.1, 0.15) is 5.56 Å². The van der Waals surface area contributed by atoms with E-state index in [1.165, 1.54) is 5.56 Å². The van der Waals surface area contributed by atoms with Crippen LogP contribution in [0.3, 0.4) is 0 Å². The lowest BCUT2D eigenvalue weighted by Crippen LogP contribution is -2.37. The summed E-state index contributed by atoms with van der Waals surface area (Å²) in [6.07, 6.45) is 0.818. The van der Waals surface area contributed by atoms with E-state index in [4.69, 9.17) is 13.9 Å². The minimum Gasteiger partial charge on any atom is -0.493 e. The Kier molecular flexibility index (Phi) is 4.84. The molecule has 1 aromatic heterocycles. The zero-order valence-corrected chi connectivity index (χ0v) is 14.4. The minimum absolute atomic E-state index is 0.288. The summed E-state index contributed by atoms with van der Waals surface area (Å²) in [6, 6.07) is 15.7. The second kappa shape index (κ2) is 7.58. The molecule has 0 unspecified atom stereocenters. The summed E-state index contributed by atoms with van der Waals surface area (Å²) in [5, 5.41) is 0.456. The molecule has 0 N–H and O–H groups in total. The number of morpholine rings is 1. The maximum absolute atomic E-state index is 12.3. The van der Waals surface area contributed by atoms with E-state index in [0.717, 1.165) is 6.42 Å². The highest BCUT2D eigenvalue weighted by molar-refractivity contribution is 5.77. The molecule has 0 bridgehead atoms. The van der Waals surface area contributed by atoms with Crippen LogP contribution in [0.25, 0.3) is 11.0 Å². The molecule has 6 heteroatoms. The maximum Gasteiger partial charge on any atom is 0.301 e. The fraction of sp³-hybridized carbons (Fsp3) is 0.300. The molecule has 6 nitrogen and oxygen atoms in total. The highest BCUT2D eigenvalue weighted by Crippen LogP contribution is 2.22. The van der Waals surface area contributed by atoms with Gasteiger partial charge in [0.25, 0.3) is 5.56 Å². The minimum atomic E-state index is -0.288. The first-order valence-corrected chi connectivity index (χ1v) is 8.74. The fourth-order valence-electron chi connectivity index (χ4n) is 2.94. The van der Waals surface area contributed by atoms with Crippen LogP contribution in [0, 0.1) is 0 Å².